The Kier molecular flexibility index (Phi) is 4.40. The Morgan fingerprint density at radius 1 is 1.23 bits per heavy atom. The zero-order valence-electron chi connectivity index (χ0n) is 12.4. The molecule has 8 nitrogen and oxygen atoms in total. The fourth-order valence-corrected chi connectivity index (χ4v) is 2.23. The van der Waals surface area contributed by atoms with Crippen LogP contribution in [0.2, 0.25) is 0 Å². The lowest BCUT2D eigenvalue weighted by Crippen LogP contribution is -2.37. The molecular formula is C14H18N6O2. The van der Waals surface area contributed by atoms with Gasteiger partial charge < -0.3 is 20.1 Å². The largest absolute Gasteiger partial charge is 0.378 e. The third-order valence-corrected chi connectivity index (χ3v) is 3.32. The van der Waals surface area contributed by atoms with Crippen molar-refractivity contribution in [1.82, 2.24) is 19.9 Å². The van der Waals surface area contributed by atoms with Gasteiger partial charge in [0.1, 0.15) is 0 Å². The van der Waals surface area contributed by atoms with Gasteiger partial charge >= 0.3 is 0 Å². The average Bonchev–Trinajstić information content (AvgIpc) is 2.56. The molecule has 0 amide bonds. The number of methoxy groups -OCH3 is 1. The molecule has 0 spiro atoms. The van der Waals surface area contributed by atoms with Gasteiger partial charge in [-0.15, -0.1) is 0 Å². The first-order chi connectivity index (χ1) is 10.8. The molecule has 0 bridgehead atoms. The number of ether oxygens (including phenoxy) is 2. The first-order valence-corrected chi connectivity index (χ1v) is 7.04. The van der Waals surface area contributed by atoms with Gasteiger partial charge in [-0.3, -0.25) is 0 Å². The second-order valence-electron chi connectivity index (χ2n) is 4.91. The molecule has 1 aliphatic rings. The normalized spacial score (nSPS) is 15.0. The van der Waals surface area contributed by atoms with Crippen molar-refractivity contribution >= 4 is 11.9 Å². The zero-order valence-corrected chi connectivity index (χ0v) is 12.4. The van der Waals surface area contributed by atoms with Crippen LogP contribution in [-0.4, -0.2) is 53.3 Å². The van der Waals surface area contributed by atoms with E-state index in [1.54, 1.807) is 19.5 Å². The highest BCUT2D eigenvalue weighted by Crippen LogP contribution is 2.21. The topological polar surface area (TPSA) is 99.3 Å². The second-order valence-corrected chi connectivity index (χ2v) is 4.91. The van der Waals surface area contributed by atoms with Crippen LogP contribution < -0.4 is 10.6 Å². The lowest BCUT2D eigenvalue weighted by atomic mass is 10.2. The Morgan fingerprint density at radius 2 is 1.95 bits per heavy atom. The maximum Gasteiger partial charge on any atom is 0.226 e. The van der Waals surface area contributed by atoms with E-state index in [1.165, 1.54) is 0 Å². The van der Waals surface area contributed by atoms with E-state index in [1.807, 2.05) is 6.07 Å². The van der Waals surface area contributed by atoms with E-state index < -0.39 is 0 Å². The number of aromatic nitrogens is 4. The number of hydrogen-bond donors (Lipinski definition) is 1. The van der Waals surface area contributed by atoms with Gasteiger partial charge in [-0.25, -0.2) is 19.9 Å². The molecule has 2 aromatic heterocycles. The molecule has 2 aromatic rings. The van der Waals surface area contributed by atoms with E-state index in [9.17, 15) is 0 Å². The highest BCUT2D eigenvalue weighted by atomic mass is 16.5. The smallest absolute Gasteiger partial charge is 0.226 e. The van der Waals surface area contributed by atoms with Crippen molar-refractivity contribution < 1.29 is 9.47 Å². The molecule has 3 heterocycles. The summed E-state index contributed by atoms with van der Waals surface area (Å²) in [5.74, 6) is 0.910. The summed E-state index contributed by atoms with van der Waals surface area (Å²) in [6, 6.07) is 1.88. The van der Waals surface area contributed by atoms with Crippen LogP contribution in [0.15, 0.2) is 18.5 Å². The Bertz CT molecular complexity index is 628. The molecule has 1 fully saturated rings. The summed E-state index contributed by atoms with van der Waals surface area (Å²) in [6.07, 6.45) is 3.31. The molecule has 0 unspecified atom stereocenters. The number of nitrogen functional groups attached to an aromatic ring is 1. The number of nitrogens with two attached hydrogens (primary N) is 1. The molecule has 0 atom stereocenters. The number of hydrogen-bond acceptors (Lipinski definition) is 8. The molecule has 116 valence electrons. The van der Waals surface area contributed by atoms with Crippen LogP contribution in [0.25, 0.3) is 11.3 Å². The van der Waals surface area contributed by atoms with Crippen molar-refractivity contribution in [2.24, 2.45) is 0 Å². The van der Waals surface area contributed by atoms with E-state index in [0.29, 0.717) is 25.8 Å². The average molecular weight is 302 g/mol. The van der Waals surface area contributed by atoms with Gasteiger partial charge in [0, 0.05) is 38.2 Å². The molecule has 8 heteroatoms. The number of rotatable bonds is 4. The van der Waals surface area contributed by atoms with Crippen LogP contribution in [0.3, 0.4) is 0 Å². The summed E-state index contributed by atoms with van der Waals surface area (Å²) in [5.41, 5.74) is 7.89. The van der Waals surface area contributed by atoms with Gasteiger partial charge in [-0.05, 0) is 6.07 Å². The fourth-order valence-electron chi connectivity index (χ4n) is 2.23. The van der Waals surface area contributed by atoms with E-state index in [2.05, 4.69) is 24.8 Å². The second kappa shape index (κ2) is 6.63. The van der Waals surface area contributed by atoms with Crippen molar-refractivity contribution in [3.8, 4) is 11.3 Å². The zero-order chi connectivity index (χ0) is 15.4. The maximum absolute atomic E-state index is 5.53. The van der Waals surface area contributed by atoms with Crippen LogP contribution in [0, 0.1) is 0 Å². The Hall–Kier alpha value is -2.32. The lowest BCUT2D eigenvalue weighted by Gasteiger charge is -2.27. The first kappa shape index (κ1) is 14.6. The lowest BCUT2D eigenvalue weighted by molar-refractivity contribution is 0.122. The van der Waals surface area contributed by atoms with Gasteiger partial charge in [0.25, 0.3) is 0 Å². The molecule has 0 radical (unpaired) electrons. The monoisotopic (exact) mass is 302 g/mol. The standard InChI is InChI=1S/C14H18N6O2/c1-21-9-11-6-12(10-7-16-13(15)17-8-10)19-14(18-11)20-2-4-22-5-3-20/h6-8H,2-5,9H2,1H3,(H2,15,16,17). The van der Waals surface area contributed by atoms with E-state index >= 15 is 0 Å². The minimum absolute atomic E-state index is 0.239. The predicted octanol–water partition coefficient (Wildman–Crippen LogP) is 0.499. The van der Waals surface area contributed by atoms with Gasteiger partial charge in [0.05, 0.1) is 31.2 Å². The quantitative estimate of drug-likeness (QED) is 0.871. The number of nitrogens with zero attached hydrogens (tertiary/aromatic N) is 5. The van der Waals surface area contributed by atoms with Crippen LogP contribution in [-0.2, 0) is 16.1 Å². The van der Waals surface area contributed by atoms with Crippen LogP contribution in [0.4, 0.5) is 11.9 Å². The van der Waals surface area contributed by atoms with Gasteiger partial charge in [-0.1, -0.05) is 0 Å². The van der Waals surface area contributed by atoms with E-state index in [0.717, 1.165) is 30.0 Å². The van der Waals surface area contributed by atoms with E-state index in [-0.39, 0.29) is 5.95 Å². The van der Waals surface area contributed by atoms with E-state index in [4.69, 9.17) is 15.2 Å². The summed E-state index contributed by atoms with van der Waals surface area (Å²) >= 11 is 0. The minimum Gasteiger partial charge on any atom is -0.378 e. The molecule has 0 saturated carbocycles. The van der Waals surface area contributed by atoms with Crippen molar-refractivity contribution in [3.05, 3.63) is 24.2 Å². The summed E-state index contributed by atoms with van der Waals surface area (Å²) in [5, 5.41) is 0. The molecule has 2 N–H and O–H groups in total. The summed E-state index contributed by atoms with van der Waals surface area (Å²) in [6.45, 7) is 3.32. The van der Waals surface area contributed by atoms with Crippen molar-refractivity contribution in [2.75, 3.05) is 44.0 Å². The van der Waals surface area contributed by atoms with Crippen LogP contribution in [0.1, 0.15) is 5.69 Å². The van der Waals surface area contributed by atoms with Crippen molar-refractivity contribution in [2.45, 2.75) is 6.61 Å². The molecule has 1 saturated heterocycles. The first-order valence-electron chi connectivity index (χ1n) is 7.04. The summed E-state index contributed by atoms with van der Waals surface area (Å²) in [7, 11) is 1.64. The molecule has 0 aliphatic carbocycles. The van der Waals surface area contributed by atoms with Gasteiger partial charge in [0.2, 0.25) is 11.9 Å². The third kappa shape index (κ3) is 3.29. The van der Waals surface area contributed by atoms with Crippen molar-refractivity contribution in [1.29, 1.82) is 0 Å². The summed E-state index contributed by atoms with van der Waals surface area (Å²) < 4.78 is 10.6. The fraction of sp³-hybridized carbons (Fsp3) is 0.429. The Labute approximate surface area is 128 Å². The molecular weight excluding hydrogens is 284 g/mol. The third-order valence-electron chi connectivity index (χ3n) is 3.32. The highest BCUT2D eigenvalue weighted by Gasteiger charge is 2.16. The SMILES string of the molecule is COCc1cc(-c2cnc(N)nc2)nc(N2CCOCC2)n1. The molecule has 1 aliphatic heterocycles. The summed E-state index contributed by atoms with van der Waals surface area (Å²) in [4.78, 5) is 19.3. The molecule has 3 rings (SSSR count). The number of anilines is 2. The molecule has 0 aromatic carbocycles. The minimum atomic E-state index is 0.239. The Balaban J connectivity index is 1.97. The predicted molar refractivity (Wildman–Crippen MR) is 81.2 cm³/mol. The highest BCUT2D eigenvalue weighted by molar-refractivity contribution is 5.59. The maximum atomic E-state index is 5.53. The van der Waals surface area contributed by atoms with Crippen molar-refractivity contribution in [3.63, 3.8) is 0 Å². The van der Waals surface area contributed by atoms with Gasteiger partial charge in [0.15, 0.2) is 0 Å². The van der Waals surface area contributed by atoms with Crippen LogP contribution >= 0.6 is 0 Å². The van der Waals surface area contributed by atoms with Crippen LogP contribution in [0.5, 0.6) is 0 Å². The van der Waals surface area contributed by atoms with Gasteiger partial charge in [-0.2, -0.15) is 0 Å². The Morgan fingerprint density at radius 3 is 2.64 bits per heavy atom. The number of morpholine rings is 1. The molecule has 22 heavy (non-hydrogen) atoms.